The summed E-state index contributed by atoms with van der Waals surface area (Å²) in [5.41, 5.74) is 4.72. The molecule has 1 amide bonds. The van der Waals surface area contributed by atoms with Gasteiger partial charge in [-0.15, -0.1) is 0 Å². The van der Waals surface area contributed by atoms with Gasteiger partial charge in [0, 0.05) is 41.1 Å². The number of carbonyl (C=O) groups is 1. The number of rotatable bonds is 4. The molecule has 0 bridgehead atoms. The van der Waals surface area contributed by atoms with E-state index in [2.05, 4.69) is 27.4 Å². The minimum Gasteiger partial charge on any atom is -0.357 e. The molecule has 0 saturated carbocycles. The Morgan fingerprint density at radius 1 is 1.33 bits per heavy atom. The van der Waals surface area contributed by atoms with Crippen LogP contribution in [-0.2, 0) is 17.8 Å². The molecular formula is C21H24N4O2. The van der Waals surface area contributed by atoms with Crippen molar-refractivity contribution in [2.45, 2.75) is 45.6 Å². The lowest BCUT2D eigenvalue weighted by Gasteiger charge is -2.22. The smallest absolute Gasteiger partial charge is 0.348 e. The van der Waals surface area contributed by atoms with Crippen molar-refractivity contribution >= 4 is 16.8 Å². The van der Waals surface area contributed by atoms with Crippen LogP contribution in [0.2, 0.25) is 0 Å². The number of aromatic nitrogens is 3. The van der Waals surface area contributed by atoms with Crippen molar-refractivity contribution in [1.82, 2.24) is 19.9 Å². The molecule has 0 fully saturated rings. The lowest BCUT2D eigenvalue weighted by atomic mass is 9.86. The molecule has 6 heteroatoms. The largest absolute Gasteiger partial charge is 0.357 e. The zero-order chi connectivity index (χ0) is 19.0. The number of nitrogens with zero attached hydrogens (tertiary/aromatic N) is 2. The quantitative estimate of drug-likeness (QED) is 0.747. The second kappa shape index (κ2) is 7.02. The fraction of sp³-hybridized carbons (Fsp3) is 0.381. The van der Waals surface area contributed by atoms with Crippen LogP contribution >= 0.6 is 0 Å². The van der Waals surface area contributed by atoms with Crippen LogP contribution in [0.3, 0.4) is 0 Å². The van der Waals surface area contributed by atoms with Gasteiger partial charge in [0.2, 0.25) is 5.91 Å². The SMILES string of the molecule is Cc1cc(C)n(CCNC(=O)C2CCCc3c2[nH]c2ccccc32)c(=O)n1. The summed E-state index contributed by atoms with van der Waals surface area (Å²) in [5.74, 6) is -0.136. The van der Waals surface area contributed by atoms with Crippen LogP contribution in [0.5, 0.6) is 0 Å². The molecule has 2 N–H and O–H groups in total. The van der Waals surface area contributed by atoms with Gasteiger partial charge in [0.1, 0.15) is 0 Å². The lowest BCUT2D eigenvalue weighted by molar-refractivity contribution is -0.123. The van der Waals surface area contributed by atoms with E-state index in [9.17, 15) is 9.59 Å². The van der Waals surface area contributed by atoms with Gasteiger partial charge in [-0.1, -0.05) is 18.2 Å². The number of hydrogen-bond acceptors (Lipinski definition) is 3. The topological polar surface area (TPSA) is 79.8 Å². The van der Waals surface area contributed by atoms with E-state index in [-0.39, 0.29) is 17.5 Å². The fourth-order valence-corrected chi connectivity index (χ4v) is 4.14. The summed E-state index contributed by atoms with van der Waals surface area (Å²) < 4.78 is 1.60. The maximum absolute atomic E-state index is 12.8. The Balaban J connectivity index is 1.48. The monoisotopic (exact) mass is 364 g/mol. The number of para-hydroxylation sites is 1. The van der Waals surface area contributed by atoms with E-state index in [0.717, 1.165) is 36.2 Å². The number of benzene rings is 1. The highest BCUT2D eigenvalue weighted by molar-refractivity contribution is 5.90. The van der Waals surface area contributed by atoms with Crippen LogP contribution in [0.4, 0.5) is 0 Å². The highest BCUT2D eigenvalue weighted by Gasteiger charge is 2.29. The van der Waals surface area contributed by atoms with E-state index >= 15 is 0 Å². The van der Waals surface area contributed by atoms with Crippen LogP contribution in [0, 0.1) is 13.8 Å². The summed E-state index contributed by atoms with van der Waals surface area (Å²) in [6.45, 7) is 4.53. The molecule has 27 heavy (non-hydrogen) atoms. The molecule has 0 spiro atoms. The van der Waals surface area contributed by atoms with Gasteiger partial charge in [0.25, 0.3) is 0 Å². The van der Waals surface area contributed by atoms with E-state index in [0.29, 0.717) is 18.8 Å². The van der Waals surface area contributed by atoms with E-state index in [1.165, 1.54) is 10.9 Å². The Morgan fingerprint density at radius 3 is 2.96 bits per heavy atom. The Kier molecular flexibility index (Phi) is 4.56. The molecule has 3 aromatic rings. The number of hydrogen-bond donors (Lipinski definition) is 2. The molecule has 0 radical (unpaired) electrons. The maximum Gasteiger partial charge on any atom is 0.348 e. The predicted molar refractivity (Wildman–Crippen MR) is 105 cm³/mol. The number of aryl methyl sites for hydroxylation is 3. The number of amides is 1. The second-order valence-electron chi connectivity index (χ2n) is 7.27. The molecule has 140 valence electrons. The zero-order valence-electron chi connectivity index (χ0n) is 15.7. The predicted octanol–water partition coefficient (Wildman–Crippen LogP) is 2.58. The van der Waals surface area contributed by atoms with Gasteiger partial charge in [0.15, 0.2) is 0 Å². The normalized spacial score (nSPS) is 16.3. The van der Waals surface area contributed by atoms with Crippen molar-refractivity contribution in [3.05, 3.63) is 63.5 Å². The minimum atomic E-state index is -0.266. The fourth-order valence-electron chi connectivity index (χ4n) is 4.14. The van der Waals surface area contributed by atoms with Crippen LogP contribution in [-0.4, -0.2) is 27.0 Å². The van der Waals surface area contributed by atoms with Gasteiger partial charge in [-0.05, 0) is 50.8 Å². The molecule has 6 nitrogen and oxygen atoms in total. The molecule has 4 rings (SSSR count). The van der Waals surface area contributed by atoms with E-state index < -0.39 is 0 Å². The number of fused-ring (bicyclic) bond motifs is 3. The molecule has 0 aliphatic heterocycles. The third kappa shape index (κ3) is 3.27. The third-order valence-electron chi connectivity index (χ3n) is 5.41. The standard InChI is InChI=1S/C21H24N4O2/c1-13-12-14(2)25(21(27)23-13)11-10-22-20(26)17-8-5-7-16-15-6-3-4-9-18(15)24-19(16)17/h3-4,6,9,12,17,24H,5,7-8,10-11H2,1-2H3,(H,22,26). The Bertz CT molecular complexity index is 1060. The summed E-state index contributed by atoms with van der Waals surface area (Å²) in [6.07, 6.45) is 2.86. The Labute approximate surface area is 157 Å². The lowest BCUT2D eigenvalue weighted by Crippen LogP contribution is -2.36. The highest BCUT2D eigenvalue weighted by atomic mass is 16.2. The van der Waals surface area contributed by atoms with Crippen molar-refractivity contribution in [2.75, 3.05) is 6.54 Å². The summed E-state index contributed by atoms with van der Waals surface area (Å²) in [4.78, 5) is 32.3. The third-order valence-corrected chi connectivity index (χ3v) is 5.41. The number of carbonyl (C=O) groups excluding carboxylic acids is 1. The van der Waals surface area contributed by atoms with Crippen LogP contribution < -0.4 is 11.0 Å². The first-order chi connectivity index (χ1) is 13.0. The molecule has 1 aliphatic carbocycles. The summed E-state index contributed by atoms with van der Waals surface area (Å²) in [5, 5.41) is 4.23. The van der Waals surface area contributed by atoms with E-state index in [1.54, 1.807) is 4.57 Å². The Hall–Kier alpha value is -2.89. The van der Waals surface area contributed by atoms with Crippen molar-refractivity contribution in [3.63, 3.8) is 0 Å². The molecular weight excluding hydrogens is 340 g/mol. The molecule has 1 aromatic carbocycles. The molecule has 0 saturated heterocycles. The van der Waals surface area contributed by atoms with Gasteiger partial charge in [-0.25, -0.2) is 4.79 Å². The average Bonchev–Trinajstić information content (AvgIpc) is 3.02. The van der Waals surface area contributed by atoms with E-state index in [1.807, 2.05) is 32.0 Å². The van der Waals surface area contributed by atoms with Crippen molar-refractivity contribution in [2.24, 2.45) is 0 Å². The first kappa shape index (κ1) is 17.5. The van der Waals surface area contributed by atoms with Crippen LogP contribution in [0.25, 0.3) is 10.9 Å². The molecule has 2 aromatic heterocycles. The summed E-state index contributed by atoms with van der Waals surface area (Å²) in [6, 6.07) is 10.1. The van der Waals surface area contributed by atoms with Crippen molar-refractivity contribution in [1.29, 1.82) is 0 Å². The first-order valence-electron chi connectivity index (χ1n) is 9.47. The van der Waals surface area contributed by atoms with E-state index in [4.69, 9.17) is 0 Å². The van der Waals surface area contributed by atoms with Gasteiger partial charge in [-0.2, -0.15) is 4.98 Å². The van der Waals surface area contributed by atoms with Gasteiger partial charge in [-0.3, -0.25) is 9.36 Å². The van der Waals surface area contributed by atoms with Gasteiger partial charge < -0.3 is 10.3 Å². The molecule has 1 aliphatic rings. The van der Waals surface area contributed by atoms with Gasteiger partial charge in [0.05, 0.1) is 5.92 Å². The maximum atomic E-state index is 12.8. The Morgan fingerprint density at radius 2 is 2.15 bits per heavy atom. The minimum absolute atomic E-state index is 0.0216. The number of nitrogens with one attached hydrogen (secondary N) is 2. The van der Waals surface area contributed by atoms with Crippen molar-refractivity contribution in [3.8, 4) is 0 Å². The van der Waals surface area contributed by atoms with Crippen LogP contribution in [0.15, 0.2) is 35.1 Å². The highest BCUT2D eigenvalue weighted by Crippen LogP contribution is 2.36. The number of H-pyrrole nitrogens is 1. The number of aromatic amines is 1. The zero-order valence-corrected chi connectivity index (χ0v) is 15.7. The second-order valence-corrected chi connectivity index (χ2v) is 7.27. The van der Waals surface area contributed by atoms with Crippen LogP contribution in [0.1, 0.15) is 41.4 Å². The average molecular weight is 364 g/mol. The van der Waals surface area contributed by atoms with Crippen molar-refractivity contribution < 1.29 is 4.79 Å². The molecule has 1 atom stereocenters. The molecule has 1 unspecified atom stereocenters. The molecule has 2 heterocycles. The summed E-state index contributed by atoms with van der Waals surface area (Å²) >= 11 is 0. The summed E-state index contributed by atoms with van der Waals surface area (Å²) in [7, 11) is 0. The van der Waals surface area contributed by atoms with Gasteiger partial charge >= 0.3 is 5.69 Å². The first-order valence-corrected chi connectivity index (χ1v) is 9.47.